The van der Waals surface area contributed by atoms with Crippen LogP contribution in [0.2, 0.25) is 5.02 Å². The van der Waals surface area contributed by atoms with E-state index in [0.29, 0.717) is 15.8 Å². The van der Waals surface area contributed by atoms with Gasteiger partial charge >= 0.3 is 0 Å². The SMILES string of the molecule is Cc1ccc(N(CN2C(=O)c3ccccc3C2=O)C(=O)c2sc3cc([N+](=O)[O-])ccc3c2Cl)cc1. The number of nitro groups is 1. The second-order valence-corrected chi connectivity index (χ2v) is 9.41. The van der Waals surface area contributed by atoms with Crippen molar-refractivity contribution in [1.29, 1.82) is 0 Å². The molecule has 4 aromatic rings. The molecule has 2 heterocycles. The molecule has 0 saturated heterocycles. The van der Waals surface area contributed by atoms with E-state index in [1.54, 1.807) is 36.4 Å². The summed E-state index contributed by atoms with van der Waals surface area (Å²) in [5, 5.41) is 11.8. The van der Waals surface area contributed by atoms with Crippen molar-refractivity contribution in [3.05, 3.63) is 103 Å². The molecule has 3 aromatic carbocycles. The van der Waals surface area contributed by atoms with Gasteiger partial charge in [0.1, 0.15) is 11.5 Å². The van der Waals surface area contributed by atoms with Crippen LogP contribution in [-0.2, 0) is 0 Å². The number of amides is 3. The molecular weight excluding hydrogens is 490 g/mol. The number of hydrogen-bond acceptors (Lipinski definition) is 6. The first-order valence-electron chi connectivity index (χ1n) is 10.5. The lowest BCUT2D eigenvalue weighted by atomic mass is 10.1. The number of carbonyl (C=O) groups excluding carboxylic acids is 3. The fraction of sp³-hybridized carbons (Fsp3) is 0.0800. The van der Waals surface area contributed by atoms with Gasteiger partial charge in [0.2, 0.25) is 0 Å². The van der Waals surface area contributed by atoms with Crippen molar-refractivity contribution in [2.24, 2.45) is 0 Å². The monoisotopic (exact) mass is 505 g/mol. The molecule has 8 nitrogen and oxygen atoms in total. The third-order valence-electron chi connectivity index (χ3n) is 5.77. The molecule has 0 spiro atoms. The first kappa shape index (κ1) is 22.7. The number of carbonyl (C=O) groups is 3. The predicted octanol–water partition coefficient (Wildman–Crippen LogP) is 5.67. The summed E-state index contributed by atoms with van der Waals surface area (Å²) in [7, 11) is 0. The van der Waals surface area contributed by atoms with Crippen LogP contribution in [0.4, 0.5) is 11.4 Å². The Hall–Kier alpha value is -4.08. The van der Waals surface area contributed by atoms with E-state index < -0.39 is 22.6 Å². The fourth-order valence-corrected chi connectivity index (χ4v) is 5.42. The molecule has 0 aliphatic carbocycles. The van der Waals surface area contributed by atoms with E-state index in [-0.39, 0.29) is 33.4 Å². The smallest absolute Gasteiger partial charge is 0.271 e. The van der Waals surface area contributed by atoms with Crippen LogP contribution in [0.15, 0.2) is 66.7 Å². The Bertz CT molecular complexity index is 1510. The van der Waals surface area contributed by atoms with Gasteiger partial charge in [-0.15, -0.1) is 11.3 Å². The molecular formula is C25H16ClN3O5S. The quantitative estimate of drug-likeness (QED) is 0.197. The summed E-state index contributed by atoms with van der Waals surface area (Å²) in [5.41, 5.74) is 1.88. The topological polar surface area (TPSA) is 101 Å². The van der Waals surface area contributed by atoms with E-state index in [2.05, 4.69) is 0 Å². The third-order valence-corrected chi connectivity index (χ3v) is 7.42. The van der Waals surface area contributed by atoms with Crippen LogP contribution < -0.4 is 4.90 Å². The van der Waals surface area contributed by atoms with E-state index in [1.165, 1.54) is 23.1 Å². The maximum Gasteiger partial charge on any atom is 0.271 e. The van der Waals surface area contributed by atoms with E-state index >= 15 is 0 Å². The van der Waals surface area contributed by atoms with Crippen molar-refractivity contribution in [2.75, 3.05) is 11.6 Å². The average molecular weight is 506 g/mol. The number of rotatable bonds is 5. The van der Waals surface area contributed by atoms with Crippen molar-refractivity contribution in [3.8, 4) is 0 Å². The third kappa shape index (κ3) is 3.84. The van der Waals surface area contributed by atoms with Gasteiger partial charge in [-0.3, -0.25) is 34.3 Å². The van der Waals surface area contributed by atoms with Crippen molar-refractivity contribution >= 4 is 62.1 Å². The highest BCUT2D eigenvalue weighted by molar-refractivity contribution is 7.21. The molecule has 0 atom stereocenters. The number of halogens is 1. The number of imide groups is 1. The molecule has 0 N–H and O–H groups in total. The lowest BCUT2D eigenvalue weighted by Crippen LogP contribution is -2.44. The van der Waals surface area contributed by atoms with Crippen LogP contribution >= 0.6 is 22.9 Å². The van der Waals surface area contributed by atoms with Gasteiger partial charge in [0.05, 0.1) is 21.1 Å². The summed E-state index contributed by atoms with van der Waals surface area (Å²) < 4.78 is 0.483. The molecule has 10 heteroatoms. The minimum Gasteiger partial charge on any atom is -0.289 e. The summed E-state index contributed by atoms with van der Waals surface area (Å²) >= 11 is 7.55. The van der Waals surface area contributed by atoms with Gasteiger partial charge in [0.25, 0.3) is 23.4 Å². The number of non-ortho nitro benzene ring substituents is 1. The zero-order valence-corrected chi connectivity index (χ0v) is 19.8. The minimum absolute atomic E-state index is 0.115. The standard InChI is InChI=1S/C25H16ClN3O5S/c1-14-6-8-15(9-7-14)27(13-28-23(30)17-4-2-3-5-18(17)24(28)31)25(32)22-21(26)19-11-10-16(29(33)34)12-20(19)35-22/h2-12H,13H2,1H3. The Morgan fingerprint density at radius 2 is 1.66 bits per heavy atom. The Morgan fingerprint density at radius 3 is 2.26 bits per heavy atom. The van der Waals surface area contributed by atoms with Crippen molar-refractivity contribution in [1.82, 2.24) is 4.90 Å². The minimum atomic E-state index is -0.528. The van der Waals surface area contributed by atoms with Crippen molar-refractivity contribution in [2.45, 2.75) is 6.92 Å². The number of benzene rings is 3. The van der Waals surface area contributed by atoms with Gasteiger partial charge in [-0.25, -0.2) is 0 Å². The highest BCUT2D eigenvalue weighted by atomic mass is 35.5. The average Bonchev–Trinajstić information content (AvgIpc) is 3.31. The van der Waals surface area contributed by atoms with E-state index in [1.807, 2.05) is 19.1 Å². The van der Waals surface area contributed by atoms with E-state index in [0.717, 1.165) is 21.8 Å². The van der Waals surface area contributed by atoms with E-state index in [9.17, 15) is 24.5 Å². The van der Waals surface area contributed by atoms with Gasteiger partial charge in [-0.1, -0.05) is 41.4 Å². The molecule has 0 saturated carbocycles. The number of hydrogen-bond donors (Lipinski definition) is 0. The number of anilines is 1. The molecule has 174 valence electrons. The number of nitro benzene ring substituents is 1. The maximum absolute atomic E-state index is 13.8. The van der Waals surface area contributed by atoms with Crippen molar-refractivity contribution in [3.63, 3.8) is 0 Å². The van der Waals surface area contributed by atoms with Crippen LogP contribution in [0, 0.1) is 17.0 Å². The normalized spacial score (nSPS) is 12.8. The van der Waals surface area contributed by atoms with E-state index in [4.69, 9.17) is 11.6 Å². The molecule has 1 aromatic heterocycles. The predicted molar refractivity (Wildman–Crippen MR) is 133 cm³/mol. The zero-order valence-electron chi connectivity index (χ0n) is 18.2. The molecule has 0 unspecified atom stereocenters. The molecule has 0 bridgehead atoms. The second kappa shape index (κ2) is 8.61. The Kier molecular flexibility index (Phi) is 5.58. The zero-order chi connectivity index (χ0) is 24.9. The Labute approximate surface area is 208 Å². The van der Waals surface area contributed by atoms with Gasteiger partial charge < -0.3 is 0 Å². The molecule has 1 aliphatic heterocycles. The number of thiophene rings is 1. The van der Waals surface area contributed by atoms with Crippen LogP contribution in [0.25, 0.3) is 10.1 Å². The maximum atomic E-state index is 13.8. The van der Waals surface area contributed by atoms with Gasteiger partial charge in [-0.2, -0.15) is 0 Å². The lowest BCUT2D eigenvalue weighted by molar-refractivity contribution is -0.384. The van der Waals surface area contributed by atoms with Crippen LogP contribution in [0.3, 0.4) is 0 Å². The molecule has 0 radical (unpaired) electrons. The highest BCUT2D eigenvalue weighted by Crippen LogP contribution is 2.38. The number of nitrogens with zero attached hydrogens (tertiary/aromatic N) is 3. The van der Waals surface area contributed by atoms with Crippen LogP contribution in [0.1, 0.15) is 36.0 Å². The largest absolute Gasteiger partial charge is 0.289 e. The van der Waals surface area contributed by atoms with Gasteiger partial charge in [0, 0.05) is 27.9 Å². The summed E-state index contributed by atoms with van der Waals surface area (Å²) in [6, 6.07) is 17.8. The first-order chi connectivity index (χ1) is 16.8. The number of fused-ring (bicyclic) bond motifs is 2. The molecule has 5 rings (SSSR count). The summed E-state index contributed by atoms with van der Waals surface area (Å²) in [6.07, 6.45) is 0. The summed E-state index contributed by atoms with van der Waals surface area (Å²) in [4.78, 5) is 52.9. The Balaban J connectivity index is 1.57. The van der Waals surface area contributed by atoms with Crippen LogP contribution in [-0.4, -0.2) is 34.2 Å². The van der Waals surface area contributed by atoms with Gasteiger partial charge in [-0.05, 0) is 37.3 Å². The summed E-state index contributed by atoms with van der Waals surface area (Å²) in [6.45, 7) is 1.58. The van der Waals surface area contributed by atoms with Crippen molar-refractivity contribution < 1.29 is 19.3 Å². The Morgan fingerprint density at radius 1 is 1.03 bits per heavy atom. The number of aryl methyl sites for hydroxylation is 1. The molecule has 0 fully saturated rings. The highest BCUT2D eigenvalue weighted by Gasteiger charge is 2.38. The molecule has 3 amide bonds. The summed E-state index contributed by atoms with van der Waals surface area (Å²) in [5.74, 6) is -1.51. The first-order valence-corrected chi connectivity index (χ1v) is 11.7. The van der Waals surface area contributed by atoms with Crippen LogP contribution in [0.5, 0.6) is 0 Å². The van der Waals surface area contributed by atoms with Gasteiger partial charge in [0.15, 0.2) is 0 Å². The fourth-order valence-electron chi connectivity index (χ4n) is 3.92. The molecule has 1 aliphatic rings. The lowest BCUT2D eigenvalue weighted by Gasteiger charge is -2.27. The molecule has 35 heavy (non-hydrogen) atoms. The second-order valence-electron chi connectivity index (χ2n) is 7.98.